The molecule has 0 saturated carbocycles. The van der Waals surface area contributed by atoms with Crippen LogP contribution in [0.25, 0.3) is 0 Å². The van der Waals surface area contributed by atoms with E-state index < -0.39 is 16.1 Å². The van der Waals surface area contributed by atoms with Gasteiger partial charge in [0.15, 0.2) is 0 Å². The minimum Gasteiger partial charge on any atom is -0.389 e. The van der Waals surface area contributed by atoms with Crippen LogP contribution in [-0.4, -0.2) is 42.2 Å². The van der Waals surface area contributed by atoms with Gasteiger partial charge < -0.3 is 5.11 Å². The molecule has 0 radical (unpaired) electrons. The lowest BCUT2D eigenvalue weighted by atomic mass is 10.4. The summed E-state index contributed by atoms with van der Waals surface area (Å²) in [5.41, 5.74) is 0.131. The fourth-order valence-corrected chi connectivity index (χ4v) is 2.56. The van der Waals surface area contributed by atoms with Gasteiger partial charge in [0.25, 0.3) is 10.0 Å². The Kier molecular flexibility index (Phi) is 3.08. The lowest BCUT2D eigenvalue weighted by Crippen LogP contribution is -2.28. The van der Waals surface area contributed by atoms with E-state index in [0.717, 1.165) is 10.7 Å². The van der Waals surface area contributed by atoms with Crippen LogP contribution >= 0.6 is 0 Å². The summed E-state index contributed by atoms with van der Waals surface area (Å²) < 4.78 is 24.6. The van der Waals surface area contributed by atoms with E-state index in [9.17, 15) is 13.5 Å². The summed E-state index contributed by atoms with van der Waals surface area (Å²) >= 11 is 0. The molecule has 0 aliphatic carbocycles. The smallest absolute Gasteiger partial charge is 0.266 e. The number of aromatic nitrogens is 1. The SMILES string of the molecule is N#Cc1ccc(S(=O)(=O)N2CC(O)CO2)cn1. The zero-order valence-electron chi connectivity index (χ0n) is 8.65. The Morgan fingerprint density at radius 3 is 2.82 bits per heavy atom. The Morgan fingerprint density at radius 1 is 1.59 bits per heavy atom. The molecule has 1 unspecified atom stereocenters. The van der Waals surface area contributed by atoms with Crippen molar-refractivity contribution in [1.82, 2.24) is 9.45 Å². The van der Waals surface area contributed by atoms with Crippen LogP contribution in [0.2, 0.25) is 0 Å². The second-order valence-corrected chi connectivity index (χ2v) is 5.26. The van der Waals surface area contributed by atoms with E-state index in [1.54, 1.807) is 6.07 Å². The van der Waals surface area contributed by atoms with Crippen molar-refractivity contribution in [3.8, 4) is 6.07 Å². The first-order valence-corrected chi connectivity index (χ1v) is 6.18. The molecule has 1 saturated heterocycles. The van der Waals surface area contributed by atoms with Crippen molar-refractivity contribution in [2.75, 3.05) is 13.2 Å². The minimum absolute atomic E-state index is 0.0526. The molecule has 1 aromatic rings. The van der Waals surface area contributed by atoms with Crippen LogP contribution in [0, 0.1) is 11.3 Å². The van der Waals surface area contributed by atoms with Gasteiger partial charge in [-0.1, -0.05) is 4.47 Å². The van der Waals surface area contributed by atoms with E-state index in [0.29, 0.717) is 0 Å². The molecule has 0 aromatic carbocycles. The molecule has 17 heavy (non-hydrogen) atoms. The highest BCUT2D eigenvalue weighted by molar-refractivity contribution is 7.89. The average molecular weight is 255 g/mol. The lowest BCUT2D eigenvalue weighted by Gasteiger charge is -2.13. The van der Waals surface area contributed by atoms with Crippen LogP contribution in [0.4, 0.5) is 0 Å². The molecule has 1 atom stereocenters. The number of hydrogen-bond donors (Lipinski definition) is 1. The van der Waals surface area contributed by atoms with Crippen LogP contribution in [0.15, 0.2) is 23.2 Å². The molecule has 2 rings (SSSR count). The van der Waals surface area contributed by atoms with Gasteiger partial charge in [0.2, 0.25) is 0 Å². The number of hydroxylamine groups is 1. The maximum absolute atomic E-state index is 11.9. The van der Waals surface area contributed by atoms with E-state index in [1.807, 2.05) is 0 Å². The molecule has 90 valence electrons. The number of sulfonamides is 1. The normalized spacial score (nSPS) is 21.3. The molecule has 1 aromatic heterocycles. The van der Waals surface area contributed by atoms with Crippen LogP contribution < -0.4 is 0 Å². The summed E-state index contributed by atoms with van der Waals surface area (Å²) in [6, 6.07) is 4.37. The van der Waals surface area contributed by atoms with Crippen LogP contribution in [0.1, 0.15) is 5.69 Å². The maximum Gasteiger partial charge on any atom is 0.266 e. The summed E-state index contributed by atoms with van der Waals surface area (Å²) in [4.78, 5) is 8.43. The van der Waals surface area contributed by atoms with E-state index in [-0.39, 0.29) is 23.7 Å². The van der Waals surface area contributed by atoms with Gasteiger partial charge in [-0.15, -0.1) is 0 Å². The predicted octanol–water partition coefficient (Wildman–Crippen LogP) is -0.750. The molecule has 1 aliphatic heterocycles. The molecule has 8 heteroatoms. The van der Waals surface area contributed by atoms with Gasteiger partial charge in [0, 0.05) is 6.20 Å². The highest BCUT2D eigenvalue weighted by atomic mass is 32.2. The molecule has 7 nitrogen and oxygen atoms in total. The number of aliphatic hydroxyl groups is 1. The van der Waals surface area contributed by atoms with Crippen molar-refractivity contribution in [1.29, 1.82) is 5.26 Å². The first-order valence-electron chi connectivity index (χ1n) is 4.74. The topological polar surface area (TPSA) is 104 Å². The first kappa shape index (κ1) is 11.9. The van der Waals surface area contributed by atoms with Gasteiger partial charge in [-0.3, -0.25) is 4.84 Å². The maximum atomic E-state index is 11.9. The Labute approximate surface area is 97.9 Å². The second kappa shape index (κ2) is 4.38. The van der Waals surface area contributed by atoms with Crippen LogP contribution in [0.3, 0.4) is 0 Å². The van der Waals surface area contributed by atoms with Gasteiger partial charge in [0.05, 0.1) is 19.3 Å². The van der Waals surface area contributed by atoms with Gasteiger partial charge in [-0.25, -0.2) is 13.4 Å². The third kappa shape index (κ3) is 2.27. The molecule has 2 heterocycles. The summed E-state index contributed by atoms with van der Waals surface area (Å²) in [6.45, 7) is -0.161. The van der Waals surface area contributed by atoms with Gasteiger partial charge >= 0.3 is 0 Å². The van der Waals surface area contributed by atoms with Gasteiger partial charge in [-0.05, 0) is 12.1 Å². The minimum atomic E-state index is -3.82. The third-order valence-corrected chi connectivity index (χ3v) is 3.82. The highest BCUT2D eigenvalue weighted by Gasteiger charge is 2.33. The van der Waals surface area contributed by atoms with E-state index in [4.69, 9.17) is 10.1 Å². The van der Waals surface area contributed by atoms with E-state index >= 15 is 0 Å². The van der Waals surface area contributed by atoms with Gasteiger partial charge in [-0.2, -0.15) is 5.26 Å². The Morgan fingerprint density at radius 2 is 2.35 bits per heavy atom. The number of nitrogens with zero attached hydrogens (tertiary/aromatic N) is 3. The highest BCUT2D eigenvalue weighted by Crippen LogP contribution is 2.19. The summed E-state index contributed by atoms with van der Waals surface area (Å²) in [5.74, 6) is 0. The standard InChI is InChI=1S/C9H9N3O4S/c10-3-7-1-2-9(4-11-7)17(14,15)12-5-8(13)6-16-12/h1-2,4,8,13H,5-6H2. The Balaban J connectivity index is 2.29. The molecule has 1 aliphatic rings. The molecule has 1 fully saturated rings. The fourth-order valence-electron chi connectivity index (χ4n) is 1.33. The quantitative estimate of drug-likeness (QED) is 0.745. The Bertz CT molecular complexity index is 549. The average Bonchev–Trinajstić information content (AvgIpc) is 2.77. The van der Waals surface area contributed by atoms with Crippen molar-refractivity contribution < 1.29 is 18.4 Å². The van der Waals surface area contributed by atoms with Crippen molar-refractivity contribution in [3.05, 3.63) is 24.0 Å². The van der Waals surface area contributed by atoms with Gasteiger partial charge in [0.1, 0.15) is 16.7 Å². The first-order chi connectivity index (χ1) is 8.04. The number of β-amino-alcohol motifs (C(OH)–C–C–N with tert-alkyl or cyclic N) is 1. The predicted molar refractivity (Wildman–Crippen MR) is 54.8 cm³/mol. The number of pyridine rings is 1. The zero-order chi connectivity index (χ0) is 12.5. The zero-order valence-corrected chi connectivity index (χ0v) is 9.46. The number of aliphatic hydroxyl groups excluding tert-OH is 1. The van der Waals surface area contributed by atoms with Crippen molar-refractivity contribution in [3.63, 3.8) is 0 Å². The monoisotopic (exact) mass is 255 g/mol. The second-order valence-electron chi connectivity index (χ2n) is 3.43. The largest absolute Gasteiger partial charge is 0.389 e. The summed E-state index contributed by atoms with van der Waals surface area (Å²) in [6.07, 6.45) is 0.262. The van der Waals surface area contributed by atoms with E-state index in [1.165, 1.54) is 12.1 Å². The molecule has 1 N–H and O–H groups in total. The third-order valence-electron chi connectivity index (χ3n) is 2.19. The number of hydrogen-bond acceptors (Lipinski definition) is 6. The molecular weight excluding hydrogens is 246 g/mol. The van der Waals surface area contributed by atoms with Crippen LogP contribution in [0.5, 0.6) is 0 Å². The Hall–Kier alpha value is -1.53. The van der Waals surface area contributed by atoms with Crippen molar-refractivity contribution in [2.45, 2.75) is 11.0 Å². The molecule has 0 bridgehead atoms. The van der Waals surface area contributed by atoms with Crippen LogP contribution in [-0.2, 0) is 14.9 Å². The van der Waals surface area contributed by atoms with E-state index in [2.05, 4.69) is 4.98 Å². The fraction of sp³-hybridized carbons (Fsp3) is 0.333. The summed E-state index contributed by atoms with van der Waals surface area (Å²) in [5, 5.41) is 17.7. The lowest BCUT2D eigenvalue weighted by molar-refractivity contribution is -0.0316. The molecular formula is C9H9N3O4S. The van der Waals surface area contributed by atoms with Crippen molar-refractivity contribution >= 4 is 10.0 Å². The number of rotatable bonds is 2. The summed E-state index contributed by atoms with van der Waals surface area (Å²) in [7, 11) is -3.82. The number of nitriles is 1. The van der Waals surface area contributed by atoms with Crippen molar-refractivity contribution in [2.24, 2.45) is 0 Å². The molecule has 0 spiro atoms. The molecule has 0 amide bonds.